The Bertz CT molecular complexity index is 330. The van der Waals surface area contributed by atoms with Gasteiger partial charge in [0.1, 0.15) is 0 Å². The molecule has 3 nitrogen and oxygen atoms in total. The first kappa shape index (κ1) is 12.8. The third kappa shape index (κ3) is 1.77. The molecule has 17 heavy (non-hydrogen) atoms. The quantitative estimate of drug-likeness (QED) is 0.324. The van der Waals surface area contributed by atoms with E-state index in [1.165, 1.54) is 18.1 Å². The van der Waals surface area contributed by atoms with Crippen LogP contribution in [-0.2, 0) is 0 Å². The maximum atomic E-state index is 11.1. The van der Waals surface area contributed by atoms with Crippen molar-refractivity contribution in [2.75, 3.05) is 0 Å². The van der Waals surface area contributed by atoms with E-state index in [4.69, 9.17) is 0 Å². The van der Waals surface area contributed by atoms with Crippen molar-refractivity contribution >= 4 is 8.07 Å². The summed E-state index contributed by atoms with van der Waals surface area (Å²) in [6, 6.07) is 3.56. The summed E-state index contributed by atoms with van der Waals surface area (Å²) in [5, 5.41) is 11.1. The molecule has 2 bridgehead atoms. The molecule has 0 N–H and O–H groups in total. The molecule has 1 unspecified atom stereocenters. The Kier molecular flexibility index (Phi) is 3.43. The van der Waals surface area contributed by atoms with Crippen LogP contribution in [0.2, 0.25) is 23.7 Å². The molecule has 1 fully saturated rings. The van der Waals surface area contributed by atoms with E-state index in [2.05, 4.69) is 32.9 Å². The van der Waals surface area contributed by atoms with Crippen molar-refractivity contribution in [2.24, 2.45) is 11.8 Å². The van der Waals surface area contributed by atoms with E-state index in [0.717, 1.165) is 6.42 Å². The highest BCUT2D eigenvalue weighted by Crippen LogP contribution is 2.57. The van der Waals surface area contributed by atoms with Gasteiger partial charge in [0.05, 0.1) is 8.07 Å². The molecule has 0 aromatic carbocycles. The molecule has 0 spiro atoms. The minimum Gasteiger partial charge on any atom is -0.264 e. The van der Waals surface area contributed by atoms with Gasteiger partial charge >= 0.3 is 0 Å². The van der Waals surface area contributed by atoms with Gasteiger partial charge in [0.2, 0.25) is 6.04 Å². The van der Waals surface area contributed by atoms with E-state index < -0.39 is 8.07 Å². The van der Waals surface area contributed by atoms with E-state index in [0.29, 0.717) is 11.5 Å². The fourth-order valence-corrected chi connectivity index (χ4v) is 9.59. The highest BCUT2D eigenvalue weighted by atomic mass is 28.3. The number of rotatable bonds is 5. The summed E-state index contributed by atoms with van der Waals surface area (Å²) in [5.74, 6) is 0.767. The standard InChI is InChI=1S/C13H23NO2Si/c1-4-17(5-2,6-3)13-10-7-8-11(13)12(9-10)14(15)16/h7-8,10-13H,4-6,9H2,1-3H3/t10-,11+,12+,13?/m1/s1. The lowest BCUT2D eigenvalue weighted by molar-refractivity contribution is -0.527. The molecular weight excluding hydrogens is 230 g/mol. The molecule has 2 rings (SSSR count). The maximum absolute atomic E-state index is 11.1. The zero-order valence-corrected chi connectivity index (χ0v) is 12.1. The first-order valence-electron chi connectivity index (χ1n) is 6.91. The molecule has 0 saturated heterocycles. The van der Waals surface area contributed by atoms with Gasteiger partial charge in [0.15, 0.2) is 0 Å². The minimum atomic E-state index is -1.30. The van der Waals surface area contributed by atoms with Gasteiger partial charge in [-0.15, -0.1) is 0 Å². The van der Waals surface area contributed by atoms with Gasteiger partial charge in [-0.1, -0.05) is 51.1 Å². The minimum absolute atomic E-state index is 0.0265. The van der Waals surface area contributed by atoms with Crippen LogP contribution < -0.4 is 0 Å². The van der Waals surface area contributed by atoms with Gasteiger partial charge < -0.3 is 0 Å². The van der Waals surface area contributed by atoms with Crippen molar-refractivity contribution in [3.63, 3.8) is 0 Å². The van der Waals surface area contributed by atoms with E-state index in [1.807, 2.05) is 0 Å². The van der Waals surface area contributed by atoms with Crippen LogP contribution in [0, 0.1) is 22.0 Å². The summed E-state index contributed by atoms with van der Waals surface area (Å²) in [5.41, 5.74) is 0.651. The topological polar surface area (TPSA) is 43.1 Å². The Balaban J connectivity index is 2.27. The van der Waals surface area contributed by atoms with E-state index in [9.17, 15) is 10.1 Å². The van der Waals surface area contributed by atoms with Crippen LogP contribution in [0.15, 0.2) is 12.2 Å². The highest BCUT2D eigenvalue weighted by molar-refractivity contribution is 6.81. The number of nitrogens with zero attached hydrogens (tertiary/aromatic N) is 1. The second kappa shape index (κ2) is 4.56. The molecule has 96 valence electrons. The Morgan fingerprint density at radius 2 is 1.82 bits per heavy atom. The van der Waals surface area contributed by atoms with Crippen LogP contribution in [-0.4, -0.2) is 19.0 Å². The molecule has 0 heterocycles. The Morgan fingerprint density at radius 3 is 2.24 bits per heavy atom. The number of hydrogen-bond donors (Lipinski definition) is 0. The van der Waals surface area contributed by atoms with Gasteiger partial charge in [-0.3, -0.25) is 10.1 Å². The summed E-state index contributed by atoms with van der Waals surface area (Å²) < 4.78 is 0. The predicted molar refractivity (Wildman–Crippen MR) is 72.5 cm³/mol. The molecule has 2 aliphatic rings. The fourth-order valence-electron chi connectivity index (χ4n) is 4.37. The molecule has 2 aliphatic carbocycles. The molecular formula is C13H23NO2Si. The lowest BCUT2D eigenvalue weighted by Crippen LogP contribution is -2.41. The van der Waals surface area contributed by atoms with E-state index >= 15 is 0 Å². The van der Waals surface area contributed by atoms with Crippen LogP contribution in [0.5, 0.6) is 0 Å². The summed E-state index contributed by atoms with van der Waals surface area (Å²) in [7, 11) is -1.30. The monoisotopic (exact) mass is 253 g/mol. The van der Waals surface area contributed by atoms with Gasteiger partial charge in [-0.25, -0.2) is 0 Å². The molecule has 0 aromatic heterocycles. The largest absolute Gasteiger partial charge is 0.264 e. The third-order valence-corrected chi connectivity index (χ3v) is 12.0. The average Bonchev–Trinajstić information content (AvgIpc) is 2.91. The molecule has 4 heteroatoms. The van der Waals surface area contributed by atoms with Crippen molar-refractivity contribution < 1.29 is 4.92 Å². The summed E-state index contributed by atoms with van der Waals surface area (Å²) in [4.78, 5) is 11.1. The molecule has 0 aliphatic heterocycles. The molecule has 0 amide bonds. The maximum Gasteiger partial charge on any atom is 0.219 e. The first-order chi connectivity index (χ1) is 8.09. The van der Waals surface area contributed by atoms with Crippen LogP contribution >= 0.6 is 0 Å². The average molecular weight is 253 g/mol. The van der Waals surface area contributed by atoms with Crippen LogP contribution in [0.4, 0.5) is 0 Å². The van der Waals surface area contributed by atoms with Gasteiger partial charge in [0.25, 0.3) is 0 Å². The van der Waals surface area contributed by atoms with Crippen molar-refractivity contribution in [2.45, 2.75) is 56.9 Å². The van der Waals surface area contributed by atoms with E-state index in [-0.39, 0.29) is 16.9 Å². The zero-order valence-electron chi connectivity index (χ0n) is 11.1. The third-order valence-electron chi connectivity index (χ3n) is 5.50. The van der Waals surface area contributed by atoms with Crippen LogP contribution in [0.25, 0.3) is 0 Å². The van der Waals surface area contributed by atoms with Crippen molar-refractivity contribution in [3.05, 3.63) is 22.3 Å². The Labute approximate surface area is 104 Å². The molecule has 0 aromatic rings. The van der Waals surface area contributed by atoms with Crippen molar-refractivity contribution in [1.29, 1.82) is 0 Å². The summed E-state index contributed by atoms with van der Waals surface area (Å²) >= 11 is 0. The van der Waals surface area contributed by atoms with Crippen LogP contribution in [0.1, 0.15) is 27.2 Å². The van der Waals surface area contributed by atoms with Crippen molar-refractivity contribution in [1.82, 2.24) is 0 Å². The van der Waals surface area contributed by atoms with Gasteiger partial charge in [0, 0.05) is 17.3 Å². The smallest absolute Gasteiger partial charge is 0.219 e. The lowest BCUT2D eigenvalue weighted by atomic mass is 10.0. The lowest BCUT2D eigenvalue weighted by Gasteiger charge is -2.37. The Hall–Kier alpha value is -0.643. The van der Waals surface area contributed by atoms with Gasteiger partial charge in [-0.2, -0.15) is 0 Å². The zero-order chi connectivity index (χ0) is 12.6. The summed E-state index contributed by atoms with van der Waals surface area (Å²) in [6.07, 6.45) is 5.24. The fraction of sp³-hybridized carbons (Fsp3) is 0.846. The van der Waals surface area contributed by atoms with Gasteiger partial charge in [-0.05, 0) is 11.5 Å². The molecule has 0 radical (unpaired) electrons. The second-order valence-corrected chi connectivity index (χ2v) is 11.2. The first-order valence-corrected chi connectivity index (χ1v) is 9.61. The Morgan fingerprint density at radius 1 is 1.24 bits per heavy atom. The number of fused-ring (bicyclic) bond motifs is 2. The second-order valence-electron chi connectivity index (χ2n) is 5.66. The van der Waals surface area contributed by atoms with E-state index in [1.54, 1.807) is 0 Å². The summed E-state index contributed by atoms with van der Waals surface area (Å²) in [6.45, 7) is 6.91. The highest BCUT2D eigenvalue weighted by Gasteiger charge is 2.57. The molecule has 1 saturated carbocycles. The number of allylic oxidation sites excluding steroid dienone is 1. The molecule has 4 atom stereocenters. The van der Waals surface area contributed by atoms with Crippen molar-refractivity contribution in [3.8, 4) is 0 Å². The predicted octanol–water partition coefficient (Wildman–Crippen LogP) is 3.72. The SMILES string of the molecule is CC[Si](CC)(CC)C1[C@@H]2C=C[C@H]1[C@@H]([N+](=O)[O-])C2. The number of nitro groups is 1. The normalized spacial score (nSPS) is 35.5. The van der Waals surface area contributed by atoms with Crippen LogP contribution in [0.3, 0.4) is 0 Å². The number of hydrogen-bond acceptors (Lipinski definition) is 2.